The summed E-state index contributed by atoms with van der Waals surface area (Å²) in [4.78, 5) is 11.5. The number of nitrogens with one attached hydrogen (secondary N) is 2. The van der Waals surface area contributed by atoms with Gasteiger partial charge >= 0.3 is 0 Å². The van der Waals surface area contributed by atoms with Gasteiger partial charge in [0.2, 0.25) is 5.91 Å². The minimum atomic E-state index is -0.323. The van der Waals surface area contributed by atoms with Crippen molar-refractivity contribution in [3.05, 3.63) is 0 Å². The van der Waals surface area contributed by atoms with Crippen molar-refractivity contribution >= 4 is 18.3 Å². The Morgan fingerprint density at radius 3 is 2.53 bits per heavy atom. The van der Waals surface area contributed by atoms with E-state index in [-0.39, 0.29) is 29.8 Å². The van der Waals surface area contributed by atoms with Gasteiger partial charge in [0.05, 0.1) is 12.6 Å². The average molecular weight is 265 g/mol. The highest BCUT2D eigenvalue weighted by molar-refractivity contribution is 5.85. The Morgan fingerprint density at radius 2 is 2.06 bits per heavy atom. The number of carbonyl (C=O) groups excluding carboxylic acids is 1. The summed E-state index contributed by atoms with van der Waals surface area (Å²) < 4.78 is 0. The summed E-state index contributed by atoms with van der Waals surface area (Å²) in [6.07, 6.45) is 2.77. The number of aliphatic hydroxyl groups is 1. The van der Waals surface area contributed by atoms with Crippen molar-refractivity contribution < 1.29 is 9.90 Å². The first-order valence-corrected chi connectivity index (χ1v) is 6.07. The summed E-state index contributed by atoms with van der Waals surface area (Å²) in [6.45, 7) is 6.90. The first-order chi connectivity index (χ1) is 7.39. The number of rotatable bonds is 7. The lowest BCUT2D eigenvalue weighted by Gasteiger charge is -2.26. The van der Waals surface area contributed by atoms with Crippen LogP contribution in [0.3, 0.4) is 0 Å². The van der Waals surface area contributed by atoms with E-state index in [0.29, 0.717) is 25.6 Å². The van der Waals surface area contributed by atoms with E-state index in [1.54, 1.807) is 6.92 Å². The van der Waals surface area contributed by atoms with Crippen LogP contribution in [-0.2, 0) is 4.79 Å². The number of carbonyl (C=O) groups is 1. The number of hydrogen-bond acceptors (Lipinski definition) is 3. The predicted molar refractivity (Wildman–Crippen MR) is 71.4 cm³/mol. The van der Waals surface area contributed by atoms with E-state index < -0.39 is 0 Å². The summed E-state index contributed by atoms with van der Waals surface area (Å²) in [5.41, 5.74) is -0.0522. The monoisotopic (exact) mass is 264 g/mol. The van der Waals surface area contributed by atoms with Crippen LogP contribution in [0.2, 0.25) is 0 Å². The second-order valence-electron chi connectivity index (χ2n) is 5.65. The highest BCUT2D eigenvalue weighted by atomic mass is 35.5. The van der Waals surface area contributed by atoms with Gasteiger partial charge in [-0.3, -0.25) is 4.79 Å². The van der Waals surface area contributed by atoms with E-state index in [1.807, 2.05) is 13.8 Å². The predicted octanol–water partition coefficient (Wildman–Crippen LogP) is 1.07. The van der Waals surface area contributed by atoms with E-state index in [0.717, 1.165) is 0 Å². The Morgan fingerprint density at radius 1 is 1.47 bits per heavy atom. The molecule has 1 amide bonds. The van der Waals surface area contributed by atoms with E-state index in [4.69, 9.17) is 0 Å². The molecule has 0 aromatic heterocycles. The third-order valence-electron chi connectivity index (χ3n) is 2.74. The Bertz CT molecular complexity index is 241. The summed E-state index contributed by atoms with van der Waals surface area (Å²) in [5, 5.41) is 15.4. The second-order valence-corrected chi connectivity index (χ2v) is 5.65. The fourth-order valence-corrected chi connectivity index (χ4v) is 1.80. The van der Waals surface area contributed by atoms with Gasteiger partial charge in [0.15, 0.2) is 0 Å². The molecule has 17 heavy (non-hydrogen) atoms. The standard InChI is InChI=1S/C12H24N2O2.ClH/c1-9(15)6-12(2,3)8-14-11(16)7-13-10-4-5-10;/h9-10,13,15H,4-8H2,1-3H3,(H,14,16);1H. The molecular weight excluding hydrogens is 240 g/mol. The van der Waals surface area contributed by atoms with E-state index >= 15 is 0 Å². The largest absolute Gasteiger partial charge is 0.393 e. The maximum atomic E-state index is 11.5. The second kappa shape index (κ2) is 7.19. The zero-order chi connectivity index (χ0) is 12.2. The van der Waals surface area contributed by atoms with Crippen LogP contribution in [0.1, 0.15) is 40.0 Å². The van der Waals surface area contributed by atoms with Crippen molar-refractivity contribution in [1.29, 1.82) is 0 Å². The molecular formula is C12H25ClN2O2. The molecule has 0 bridgehead atoms. The van der Waals surface area contributed by atoms with Crippen molar-refractivity contribution in [2.24, 2.45) is 5.41 Å². The van der Waals surface area contributed by atoms with Crippen molar-refractivity contribution in [3.63, 3.8) is 0 Å². The highest BCUT2D eigenvalue weighted by Gasteiger charge is 2.23. The number of aliphatic hydroxyl groups excluding tert-OH is 1. The Hall–Kier alpha value is -0.320. The zero-order valence-electron chi connectivity index (χ0n) is 11.0. The molecule has 3 N–H and O–H groups in total. The number of halogens is 1. The molecule has 0 saturated heterocycles. The molecule has 0 radical (unpaired) electrons. The molecule has 1 atom stereocenters. The van der Waals surface area contributed by atoms with Crippen LogP contribution in [-0.4, -0.2) is 36.2 Å². The van der Waals surface area contributed by atoms with Gasteiger partial charge in [0, 0.05) is 12.6 Å². The highest BCUT2D eigenvalue weighted by Crippen LogP contribution is 2.21. The van der Waals surface area contributed by atoms with E-state index in [2.05, 4.69) is 10.6 Å². The molecule has 0 heterocycles. The van der Waals surface area contributed by atoms with Crippen LogP contribution in [0.15, 0.2) is 0 Å². The molecule has 1 rings (SSSR count). The molecule has 1 unspecified atom stereocenters. The molecule has 0 aliphatic heterocycles. The van der Waals surface area contributed by atoms with Crippen molar-refractivity contribution in [1.82, 2.24) is 10.6 Å². The lowest BCUT2D eigenvalue weighted by atomic mass is 9.87. The van der Waals surface area contributed by atoms with Gasteiger partial charge in [-0.1, -0.05) is 13.8 Å². The van der Waals surface area contributed by atoms with Gasteiger partial charge < -0.3 is 15.7 Å². The number of amides is 1. The molecule has 4 nitrogen and oxygen atoms in total. The number of hydrogen-bond donors (Lipinski definition) is 3. The van der Waals surface area contributed by atoms with E-state index in [1.165, 1.54) is 12.8 Å². The minimum absolute atomic E-state index is 0. The van der Waals surface area contributed by atoms with Gasteiger partial charge in [-0.05, 0) is 31.6 Å². The Balaban J connectivity index is 0.00000256. The first kappa shape index (κ1) is 16.7. The average Bonchev–Trinajstić information content (AvgIpc) is 2.93. The smallest absolute Gasteiger partial charge is 0.233 e. The van der Waals surface area contributed by atoms with Gasteiger partial charge in [-0.25, -0.2) is 0 Å². The normalized spacial score (nSPS) is 17.2. The summed E-state index contributed by atoms with van der Waals surface area (Å²) in [7, 11) is 0. The molecule has 102 valence electrons. The van der Waals surface area contributed by atoms with Crippen molar-refractivity contribution in [2.75, 3.05) is 13.1 Å². The fourth-order valence-electron chi connectivity index (χ4n) is 1.80. The van der Waals surface area contributed by atoms with Crippen LogP contribution < -0.4 is 10.6 Å². The van der Waals surface area contributed by atoms with Crippen molar-refractivity contribution in [2.45, 2.75) is 52.2 Å². The van der Waals surface area contributed by atoms with Crippen LogP contribution in [0.25, 0.3) is 0 Å². The minimum Gasteiger partial charge on any atom is -0.393 e. The lowest BCUT2D eigenvalue weighted by molar-refractivity contribution is -0.120. The van der Waals surface area contributed by atoms with Crippen LogP contribution >= 0.6 is 12.4 Å². The summed E-state index contributed by atoms with van der Waals surface area (Å²) in [5.74, 6) is 0.0468. The Kier molecular flexibility index (Phi) is 7.05. The third-order valence-corrected chi connectivity index (χ3v) is 2.74. The summed E-state index contributed by atoms with van der Waals surface area (Å²) in [6, 6.07) is 0.566. The SMILES string of the molecule is CC(O)CC(C)(C)CNC(=O)CNC1CC1.Cl. The fraction of sp³-hybridized carbons (Fsp3) is 0.917. The van der Waals surface area contributed by atoms with Crippen LogP contribution in [0.4, 0.5) is 0 Å². The van der Waals surface area contributed by atoms with E-state index in [9.17, 15) is 9.90 Å². The van der Waals surface area contributed by atoms with Crippen molar-refractivity contribution in [3.8, 4) is 0 Å². The van der Waals surface area contributed by atoms with Gasteiger partial charge in [0.25, 0.3) is 0 Å². The molecule has 5 heteroatoms. The molecule has 0 aromatic carbocycles. The Labute approximate surface area is 110 Å². The van der Waals surface area contributed by atoms with Crippen LogP contribution in [0.5, 0.6) is 0 Å². The third kappa shape index (κ3) is 8.41. The van der Waals surface area contributed by atoms with Gasteiger partial charge in [-0.2, -0.15) is 0 Å². The molecule has 1 saturated carbocycles. The zero-order valence-corrected chi connectivity index (χ0v) is 11.8. The topological polar surface area (TPSA) is 61.4 Å². The maximum absolute atomic E-state index is 11.5. The maximum Gasteiger partial charge on any atom is 0.233 e. The quantitative estimate of drug-likeness (QED) is 0.645. The van der Waals surface area contributed by atoms with Gasteiger partial charge in [-0.15, -0.1) is 12.4 Å². The van der Waals surface area contributed by atoms with Crippen LogP contribution in [0, 0.1) is 5.41 Å². The molecule has 1 aliphatic carbocycles. The molecule has 0 spiro atoms. The van der Waals surface area contributed by atoms with Gasteiger partial charge in [0.1, 0.15) is 0 Å². The molecule has 1 fully saturated rings. The molecule has 0 aromatic rings. The molecule has 1 aliphatic rings. The summed E-state index contributed by atoms with van der Waals surface area (Å²) >= 11 is 0. The lowest BCUT2D eigenvalue weighted by Crippen LogP contribution is -2.40. The first-order valence-electron chi connectivity index (χ1n) is 6.07.